The number of rotatable bonds is 3. The lowest BCUT2D eigenvalue weighted by atomic mass is 9.79. The van der Waals surface area contributed by atoms with Crippen LogP contribution in [-0.4, -0.2) is 30.8 Å². The number of ether oxygens (including phenoxy) is 1. The molecule has 0 atom stereocenters. The number of hydrogen-bond acceptors (Lipinski definition) is 3. The van der Waals surface area contributed by atoms with Crippen LogP contribution < -0.4 is 5.32 Å². The van der Waals surface area contributed by atoms with Crippen LogP contribution in [0, 0.1) is 5.41 Å². The summed E-state index contributed by atoms with van der Waals surface area (Å²) < 4.78 is 5.07. The minimum absolute atomic E-state index is 0.331. The van der Waals surface area contributed by atoms with Crippen LogP contribution in [0.25, 0.3) is 0 Å². The standard InChI is InChI=1S/C13H15NO3/c15-12(16)13(7-17-8-13)6-9-1-2-11-10(5-9)3-4-14-11/h1-2,5,14H,3-4,6-8H2,(H,15,16). The molecule has 4 nitrogen and oxygen atoms in total. The van der Waals surface area contributed by atoms with Gasteiger partial charge < -0.3 is 15.2 Å². The van der Waals surface area contributed by atoms with E-state index in [1.54, 1.807) is 0 Å². The van der Waals surface area contributed by atoms with E-state index < -0.39 is 11.4 Å². The van der Waals surface area contributed by atoms with E-state index in [1.165, 1.54) is 11.3 Å². The third-order valence-electron chi connectivity index (χ3n) is 3.63. The van der Waals surface area contributed by atoms with Crippen molar-refractivity contribution in [2.45, 2.75) is 12.8 Å². The van der Waals surface area contributed by atoms with E-state index in [2.05, 4.69) is 11.4 Å². The molecular formula is C13H15NO3. The summed E-state index contributed by atoms with van der Waals surface area (Å²) in [7, 11) is 0. The summed E-state index contributed by atoms with van der Waals surface area (Å²) >= 11 is 0. The highest BCUT2D eigenvalue weighted by molar-refractivity contribution is 5.76. The van der Waals surface area contributed by atoms with E-state index in [0.29, 0.717) is 19.6 Å². The molecular weight excluding hydrogens is 218 g/mol. The Kier molecular flexibility index (Phi) is 2.33. The number of fused-ring (bicyclic) bond motifs is 1. The lowest BCUT2D eigenvalue weighted by molar-refractivity contribution is -0.179. The molecule has 2 N–H and O–H groups in total. The molecule has 2 heterocycles. The van der Waals surface area contributed by atoms with Crippen molar-refractivity contribution in [3.05, 3.63) is 29.3 Å². The second-order valence-corrected chi connectivity index (χ2v) is 4.92. The molecule has 0 aromatic heterocycles. The Morgan fingerprint density at radius 3 is 2.94 bits per heavy atom. The molecule has 90 valence electrons. The minimum atomic E-state index is -0.748. The summed E-state index contributed by atoms with van der Waals surface area (Å²) in [5, 5.41) is 12.5. The zero-order chi connectivity index (χ0) is 11.9. The highest BCUT2D eigenvalue weighted by Gasteiger charge is 2.46. The van der Waals surface area contributed by atoms with E-state index >= 15 is 0 Å². The van der Waals surface area contributed by atoms with Gasteiger partial charge in [0.15, 0.2) is 0 Å². The molecule has 2 aliphatic heterocycles. The van der Waals surface area contributed by atoms with Gasteiger partial charge in [-0.05, 0) is 30.0 Å². The summed E-state index contributed by atoms with van der Waals surface area (Å²) in [6.07, 6.45) is 1.59. The average Bonchev–Trinajstić information content (AvgIpc) is 2.69. The van der Waals surface area contributed by atoms with Crippen LogP contribution in [0.3, 0.4) is 0 Å². The van der Waals surface area contributed by atoms with Crippen LogP contribution in [0.15, 0.2) is 18.2 Å². The van der Waals surface area contributed by atoms with Crippen LogP contribution in [0.2, 0.25) is 0 Å². The molecule has 1 aromatic carbocycles. The smallest absolute Gasteiger partial charge is 0.314 e. The zero-order valence-electron chi connectivity index (χ0n) is 9.53. The number of nitrogens with one attached hydrogen (secondary N) is 1. The molecule has 1 aromatic rings. The lowest BCUT2D eigenvalue weighted by Crippen LogP contribution is -2.50. The van der Waals surface area contributed by atoms with Gasteiger partial charge in [-0.1, -0.05) is 12.1 Å². The Labute approximate surface area is 99.6 Å². The number of carboxylic acid groups (broad SMARTS) is 1. The first kappa shape index (κ1) is 10.6. The zero-order valence-corrected chi connectivity index (χ0v) is 9.53. The van der Waals surface area contributed by atoms with E-state index in [0.717, 1.165) is 18.5 Å². The predicted molar refractivity (Wildman–Crippen MR) is 63.2 cm³/mol. The van der Waals surface area contributed by atoms with Crippen LogP contribution in [-0.2, 0) is 22.4 Å². The van der Waals surface area contributed by atoms with Gasteiger partial charge in [-0.25, -0.2) is 0 Å². The molecule has 4 heteroatoms. The van der Waals surface area contributed by atoms with Gasteiger partial charge in [-0.3, -0.25) is 4.79 Å². The Morgan fingerprint density at radius 2 is 2.29 bits per heavy atom. The molecule has 0 amide bonds. The van der Waals surface area contributed by atoms with Crippen molar-refractivity contribution in [2.24, 2.45) is 5.41 Å². The topological polar surface area (TPSA) is 58.6 Å². The van der Waals surface area contributed by atoms with Gasteiger partial charge in [0.25, 0.3) is 0 Å². The summed E-state index contributed by atoms with van der Waals surface area (Å²) in [4.78, 5) is 11.2. The number of carbonyl (C=O) groups is 1. The molecule has 0 unspecified atom stereocenters. The van der Waals surface area contributed by atoms with E-state index in [1.807, 2.05) is 12.1 Å². The van der Waals surface area contributed by atoms with Crippen molar-refractivity contribution in [3.8, 4) is 0 Å². The van der Waals surface area contributed by atoms with Crippen molar-refractivity contribution in [1.29, 1.82) is 0 Å². The van der Waals surface area contributed by atoms with Gasteiger partial charge in [0.05, 0.1) is 13.2 Å². The summed E-state index contributed by atoms with van der Waals surface area (Å²) in [5.41, 5.74) is 2.88. The third-order valence-corrected chi connectivity index (χ3v) is 3.63. The summed E-state index contributed by atoms with van der Waals surface area (Å²) in [5.74, 6) is -0.748. The van der Waals surface area contributed by atoms with Gasteiger partial charge >= 0.3 is 5.97 Å². The molecule has 1 saturated heterocycles. The first-order valence-corrected chi connectivity index (χ1v) is 5.86. The number of hydrogen-bond donors (Lipinski definition) is 2. The predicted octanol–water partition coefficient (Wildman–Crippen LogP) is 1.30. The molecule has 2 aliphatic rings. The quantitative estimate of drug-likeness (QED) is 0.826. The van der Waals surface area contributed by atoms with Gasteiger partial charge in [-0.15, -0.1) is 0 Å². The monoisotopic (exact) mass is 233 g/mol. The second kappa shape index (κ2) is 3.74. The SMILES string of the molecule is O=C(O)C1(Cc2ccc3c(c2)CCN3)COC1. The van der Waals surface area contributed by atoms with Gasteiger partial charge in [0.2, 0.25) is 0 Å². The number of carboxylic acids is 1. The Morgan fingerprint density at radius 1 is 1.47 bits per heavy atom. The second-order valence-electron chi connectivity index (χ2n) is 4.92. The lowest BCUT2D eigenvalue weighted by Gasteiger charge is -2.37. The minimum Gasteiger partial charge on any atom is -0.481 e. The highest BCUT2D eigenvalue weighted by atomic mass is 16.5. The van der Waals surface area contributed by atoms with E-state index in [-0.39, 0.29) is 0 Å². The van der Waals surface area contributed by atoms with Crippen LogP contribution in [0.4, 0.5) is 5.69 Å². The number of anilines is 1. The van der Waals surface area contributed by atoms with Crippen molar-refractivity contribution in [1.82, 2.24) is 0 Å². The molecule has 17 heavy (non-hydrogen) atoms. The Bertz CT molecular complexity index is 466. The Balaban J connectivity index is 1.83. The van der Waals surface area contributed by atoms with Crippen LogP contribution >= 0.6 is 0 Å². The molecule has 1 fully saturated rings. The fourth-order valence-electron chi connectivity index (χ4n) is 2.51. The highest BCUT2D eigenvalue weighted by Crippen LogP contribution is 2.33. The fourth-order valence-corrected chi connectivity index (χ4v) is 2.51. The molecule has 0 bridgehead atoms. The maximum absolute atomic E-state index is 11.2. The van der Waals surface area contributed by atoms with Gasteiger partial charge in [0, 0.05) is 12.2 Å². The van der Waals surface area contributed by atoms with Gasteiger partial charge in [0.1, 0.15) is 5.41 Å². The van der Waals surface area contributed by atoms with Crippen molar-refractivity contribution in [3.63, 3.8) is 0 Å². The van der Waals surface area contributed by atoms with Crippen molar-refractivity contribution >= 4 is 11.7 Å². The largest absolute Gasteiger partial charge is 0.481 e. The molecule has 3 rings (SSSR count). The molecule has 0 saturated carbocycles. The first-order chi connectivity index (χ1) is 8.20. The Hall–Kier alpha value is -1.55. The van der Waals surface area contributed by atoms with Gasteiger partial charge in [-0.2, -0.15) is 0 Å². The maximum atomic E-state index is 11.2. The van der Waals surface area contributed by atoms with E-state index in [9.17, 15) is 9.90 Å². The third kappa shape index (κ3) is 1.69. The number of aliphatic carboxylic acids is 1. The van der Waals surface area contributed by atoms with Crippen molar-refractivity contribution in [2.75, 3.05) is 25.1 Å². The first-order valence-electron chi connectivity index (χ1n) is 5.86. The van der Waals surface area contributed by atoms with Crippen LogP contribution in [0.5, 0.6) is 0 Å². The maximum Gasteiger partial charge on any atom is 0.314 e. The number of benzene rings is 1. The molecule has 0 radical (unpaired) electrons. The van der Waals surface area contributed by atoms with Crippen molar-refractivity contribution < 1.29 is 14.6 Å². The summed E-state index contributed by atoms with van der Waals surface area (Å²) in [6.45, 7) is 1.64. The fraction of sp³-hybridized carbons (Fsp3) is 0.462. The summed E-state index contributed by atoms with van der Waals surface area (Å²) in [6, 6.07) is 6.19. The molecule has 0 spiro atoms. The van der Waals surface area contributed by atoms with Crippen LogP contribution in [0.1, 0.15) is 11.1 Å². The average molecular weight is 233 g/mol. The van der Waals surface area contributed by atoms with E-state index in [4.69, 9.17) is 4.74 Å². The normalized spacial score (nSPS) is 20.2. The molecule has 0 aliphatic carbocycles.